The average molecular weight is 410 g/mol. The largest absolute Gasteiger partial charge is 0.479 e. The summed E-state index contributed by atoms with van der Waals surface area (Å²) in [6.07, 6.45) is 2.40. The summed E-state index contributed by atoms with van der Waals surface area (Å²) >= 11 is 0. The number of ether oxygens (including phenoxy) is 1. The molecule has 4 N–H and O–H groups in total. The molecule has 0 bridgehead atoms. The maximum atomic E-state index is 12.8. The van der Waals surface area contributed by atoms with Gasteiger partial charge < -0.3 is 20.9 Å². The van der Waals surface area contributed by atoms with Crippen molar-refractivity contribution in [3.63, 3.8) is 0 Å². The number of carboxylic acid groups (broad SMARTS) is 1. The maximum absolute atomic E-state index is 12.8. The van der Waals surface area contributed by atoms with E-state index in [9.17, 15) is 23.9 Å². The van der Waals surface area contributed by atoms with Crippen molar-refractivity contribution in [2.45, 2.75) is 70.4 Å². The molecule has 0 spiro atoms. The predicted molar refractivity (Wildman–Crippen MR) is 107 cm³/mol. The minimum atomic E-state index is -2.10. The normalized spacial score (nSPS) is 13.4. The highest BCUT2D eigenvalue weighted by Gasteiger charge is 2.44. The van der Waals surface area contributed by atoms with Crippen LogP contribution in [0.1, 0.15) is 58.4 Å². The van der Waals surface area contributed by atoms with Gasteiger partial charge in [0.05, 0.1) is 0 Å². The Bertz CT molecular complexity index is 700. The van der Waals surface area contributed by atoms with Gasteiger partial charge in [0.15, 0.2) is 0 Å². The second-order valence-corrected chi connectivity index (χ2v) is 8.07. The van der Waals surface area contributed by atoms with Gasteiger partial charge in [-0.2, -0.15) is 0 Å². The number of aliphatic carboxylic acids is 1. The zero-order chi connectivity index (χ0) is 22.1. The van der Waals surface area contributed by atoms with Gasteiger partial charge in [0.25, 0.3) is 0 Å². The summed E-state index contributed by atoms with van der Waals surface area (Å²) in [4.78, 5) is 35.4. The van der Waals surface area contributed by atoms with Crippen molar-refractivity contribution in [1.29, 1.82) is 0 Å². The summed E-state index contributed by atoms with van der Waals surface area (Å²) in [5.74, 6) is -2.81. The number of carbonyl (C=O) groups excluding carboxylic acids is 2. The van der Waals surface area contributed by atoms with Crippen LogP contribution in [0, 0.1) is 5.82 Å². The van der Waals surface area contributed by atoms with Crippen LogP contribution in [-0.2, 0) is 25.5 Å². The molecule has 1 amide bonds. The van der Waals surface area contributed by atoms with Gasteiger partial charge in [0.1, 0.15) is 11.4 Å². The molecule has 7 nitrogen and oxygen atoms in total. The number of hydrogen-bond donors (Lipinski definition) is 3. The van der Waals surface area contributed by atoms with Gasteiger partial charge in [-0.1, -0.05) is 12.1 Å². The number of nitrogens with one attached hydrogen (secondary N) is 1. The van der Waals surface area contributed by atoms with E-state index in [4.69, 9.17) is 10.5 Å². The molecular weight excluding hydrogens is 379 g/mol. The van der Waals surface area contributed by atoms with E-state index in [0.717, 1.165) is 5.56 Å². The lowest BCUT2D eigenvalue weighted by molar-refractivity contribution is -0.169. The Morgan fingerprint density at radius 1 is 1.10 bits per heavy atom. The minimum Gasteiger partial charge on any atom is -0.479 e. The van der Waals surface area contributed by atoms with Gasteiger partial charge in [-0.25, -0.2) is 14.0 Å². The molecule has 0 saturated heterocycles. The number of carbonyl (C=O) groups is 3. The second kappa shape index (κ2) is 10.9. The van der Waals surface area contributed by atoms with Gasteiger partial charge in [-0.15, -0.1) is 0 Å². The number of unbranched alkanes of at least 4 members (excludes halogenated alkanes) is 1. The van der Waals surface area contributed by atoms with Crippen LogP contribution in [0.15, 0.2) is 24.3 Å². The summed E-state index contributed by atoms with van der Waals surface area (Å²) < 4.78 is 18.0. The Labute approximate surface area is 170 Å². The number of benzene rings is 1. The number of carboxylic acids is 1. The monoisotopic (exact) mass is 410 g/mol. The van der Waals surface area contributed by atoms with E-state index in [2.05, 4.69) is 5.32 Å². The first-order chi connectivity index (χ1) is 13.4. The van der Waals surface area contributed by atoms with E-state index in [1.165, 1.54) is 12.1 Å². The predicted octanol–water partition coefficient (Wildman–Crippen LogP) is 2.56. The number of esters is 1. The number of hydrogen-bond acceptors (Lipinski definition) is 5. The SMILES string of the molecule is CC(C)(C)OC(=O)[C@](N)(CCCCNC(=O)CCCc1ccc(F)cc1)C(=O)O. The van der Waals surface area contributed by atoms with Crippen molar-refractivity contribution in [3.05, 3.63) is 35.6 Å². The van der Waals surface area contributed by atoms with Gasteiger partial charge in [0, 0.05) is 13.0 Å². The molecule has 0 radical (unpaired) electrons. The molecule has 0 heterocycles. The van der Waals surface area contributed by atoms with Crippen LogP contribution in [0.5, 0.6) is 0 Å². The fourth-order valence-electron chi connectivity index (χ4n) is 2.61. The summed E-state index contributed by atoms with van der Waals surface area (Å²) in [7, 11) is 0. The molecule has 1 rings (SSSR count). The second-order valence-electron chi connectivity index (χ2n) is 8.07. The third-order valence-corrected chi connectivity index (χ3v) is 4.25. The van der Waals surface area contributed by atoms with Crippen LogP contribution in [-0.4, -0.2) is 40.6 Å². The first-order valence-corrected chi connectivity index (χ1v) is 9.71. The Kier molecular flexibility index (Phi) is 9.23. The topological polar surface area (TPSA) is 119 Å². The van der Waals surface area contributed by atoms with Crippen LogP contribution in [0.25, 0.3) is 0 Å². The lowest BCUT2D eigenvalue weighted by atomic mass is 9.93. The Balaban J connectivity index is 2.29. The van der Waals surface area contributed by atoms with Crippen molar-refractivity contribution >= 4 is 17.8 Å². The van der Waals surface area contributed by atoms with Gasteiger partial charge >= 0.3 is 11.9 Å². The molecule has 0 aliphatic carbocycles. The van der Waals surface area contributed by atoms with Gasteiger partial charge in [-0.3, -0.25) is 4.79 Å². The van der Waals surface area contributed by atoms with E-state index in [1.807, 2.05) is 0 Å². The van der Waals surface area contributed by atoms with E-state index in [-0.39, 0.29) is 18.1 Å². The van der Waals surface area contributed by atoms with Crippen LogP contribution >= 0.6 is 0 Å². The van der Waals surface area contributed by atoms with E-state index < -0.39 is 23.1 Å². The number of amides is 1. The number of halogens is 1. The Hall–Kier alpha value is -2.48. The van der Waals surface area contributed by atoms with Crippen LogP contribution < -0.4 is 11.1 Å². The first-order valence-electron chi connectivity index (χ1n) is 9.71. The molecular formula is C21H31FN2O5. The molecule has 0 aliphatic heterocycles. The van der Waals surface area contributed by atoms with Crippen molar-refractivity contribution in [1.82, 2.24) is 5.32 Å². The molecule has 0 aromatic heterocycles. The molecule has 1 aromatic carbocycles. The highest BCUT2D eigenvalue weighted by molar-refractivity contribution is 6.03. The molecule has 1 atom stereocenters. The molecule has 0 unspecified atom stereocenters. The molecule has 29 heavy (non-hydrogen) atoms. The highest BCUT2D eigenvalue weighted by Crippen LogP contribution is 2.18. The van der Waals surface area contributed by atoms with E-state index in [0.29, 0.717) is 38.6 Å². The van der Waals surface area contributed by atoms with Crippen molar-refractivity contribution in [3.8, 4) is 0 Å². The van der Waals surface area contributed by atoms with E-state index >= 15 is 0 Å². The van der Waals surface area contributed by atoms with Crippen molar-refractivity contribution in [2.24, 2.45) is 5.73 Å². The summed E-state index contributed by atoms with van der Waals surface area (Å²) in [6.45, 7) is 5.27. The van der Waals surface area contributed by atoms with Crippen molar-refractivity contribution in [2.75, 3.05) is 6.54 Å². The van der Waals surface area contributed by atoms with Crippen LogP contribution in [0.4, 0.5) is 4.39 Å². The molecule has 8 heteroatoms. The van der Waals surface area contributed by atoms with Crippen LogP contribution in [0.2, 0.25) is 0 Å². The molecule has 0 fully saturated rings. The third-order valence-electron chi connectivity index (χ3n) is 4.25. The molecule has 1 aromatic rings. The van der Waals surface area contributed by atoms with Crippen molar-refractivity contribution < 1.29 is 28.6 Å². The third kappa shape index (κ3) is 9.04. The first kappa shape index (κ1) is 24.6. The summed E-state index contributed by atoms with van der Waals surface area (Å²) in [5.41, 5.74) is 3.81. The lowest BCUT2D eigenvalue weighted by Crippen LogP contribution is -2.57. The number of aryl methyl sites for hydroxylation is 1. The molecule has 0 saturated carbocycles. The van der Waals surface area contributed by atoms with Gasteiger partial charge in [0.2, 0.25) is 11.4 Å². The maximum Gasteiger partial charge on any atom is 0.338 e. The number of rotatable bonds is 11. The quantitative estimate of drug-likeness (QED) is 0.293. The summed E-state index contributed by atoms with van der Waals surface area (Å²) in [5, 5.41) is 12.1. The smallest absolute Gasteiger partial charge is 0.338 e. The zero-order valence-electron chi connectivity index (χ0n) is 17.3. The highest BCUT2D eigenvalue weighted by atomic mass is 19.1. The number of nitrogens with two attached hydrogens (primary N) is 1. The Morgan fingerprint density at radius 2 is 1.72 bits per heavy atom. The van der Waals surface area contributed by atoms with E-state index in [1.54, 1.807) is 32.9 Å². The Morgan fingerprint density at radius 3 is 2.28 bits per heavy atom. The van der Waals surface area contributed by atoms with Crippen LogP contribution in [0.3, 0.4) is 0 Å². The lowest BCUT2D eigenvalue weighted by Gasteiger charge is -2.28. The summed E-state index contributed by atoms with van der Waals surface area (Å²) in [6, 6.07) is 6.17. The van der Waals surface area contributed by atoms with Gasteiger partial charge in [-0.05, 0) is 70.6 Å². The molecule has 0 aliphatic rings. The average Bonchev–Trinajstić information content (AvgIpc) is 2.61. The fraction of sp³-hybridized carbons (Fsp3) is 0.571. The fourth-order valence-corrected chi connectivity index (χ4v) is 2.61. The molecule has 162 valence electrons. The minimum absolute atomic E-state index is 0.0856. The standard InChI is InChI=1S/C21H31FN2O5/c1-20(2,3)29-19(28)21(23,18(26)27)13-4-5-14-24-17(25)8-6-7-15-9-11-16(22)12-10-15/h9-12H,4-8,13-14,23H2,1-3H3,(H,24,25)(H,26,27)/t21-/m0/s1. The zero-order valence-corrected chi connectivity index (χ0v) is 17.3.